The van der Waals surface area contributed by atoms with Crippen LogP contribution in [0.15, 0.2) is 30.9 Å². The van der Waals surface area contributed by atoms with Crippen molar-refractivity contribution in [1.82, 2.24) is 5.43 Å². The Kier molecular flexibility index (Phi) is 7.15. The van der Waals surface area contributed by atoms with Gasteiger partial charge in [-0.15, -0.1) is 6.58 Å². The molecular formula is C15H23FN2O. The van der Waals surface area contributed by atoms with Gasteiger partial charge >= 0.3 is 0 Å². The Morgan fingerprint density at radius 1 is 1.42 bits per heavy atom. The first kappa shape index (κ1) is 15.7. The molecule has 0 spiro atoms. The highest BCUT2D eigenvalue weighted by Gasteiger charge is 2.12. The zero-order valence-corrected chi connectivity index (χ0v) is 11.5. The molecule has 0 fully saturated rings. The van der Waals surface area contributed by atoms with Crippen molar-refractivity contribution in [1.29, 1.82) is 0 Å². The number of methoxy groups -OCH3 is 1. The molecule has 0 bridgehead atoms. The maximum atomic E-state index is 13.6. The van der Waals surface area contributed by atoms with Crippen LogP contribution in [-0.4, -0.2) is 7.11 Å². The van der Waals surface area contributed by atoms with E-state index in [0.717, 1.165) is 37.7 Å². The fraction of sp³-hybridized carbons (Fsp3) is 0.467. The fourth-order valence-electron chi connectivity index (χ4n) is 2.06. The number of nitrogens with two attached hydrogens (primary N) is 1. The quantitative estimate of drug-likeness (QED) is 0.311. The summed E-state index contributed by atoms with van der Waals surface area (Å²) in [4.78, 5) is 0. The van der Waals surface area contributed by atoms with Crippen molar-refractivity contribution in [2.24, 2.45) is 5.84 Å². The van der Waals surface area contributed by atoms with E-state index in [2.05, 4.69) is 12.0 Å². The predicted molar refractivity (Wildman–Crippen MR) is 76.3 cm³/mol. The van der Waals surface area contributed by atoms with Crippen molar-refractivity contribution in [2.45, 2.75) is 38.1 Å². The molecule has 0 radical (unpaired) electrons. The smallest absolute Gasteiger partial charge is 0.165 e. The Bertz CT molecular complexity index is 396. The molecule has 1 rings (SSSR count). The second-order valence-corrected chi connectivity index (χ2v) is 4.54. The molecule has 4 heteroatoms. The average molecular weight is 266 g/mol. The molecule has 1 atom stereocenters. The van der Waals surface area contributed by atoms with E-state index in [-0.39, 0.29) is 17.6 Å². The summed E-state index contributed by atoms with van der Waals surface area (Å²) in [6.45, 7) is 3.70. The maximum absolute atomic E-state index is 13.6. The molecule has 0 aliphatic heterocycles. The van der Waals surface area contributed by atoms with Gasteiger partial charge in [0.05, 0.1) is 7.11 Å². The number of rotatable bonds is 9. The molecule has 19 heavy (non-hydrogen) atoms. The highest BCUT2D eigenvalue weighted by Crippen LogP contribution is 2.24. The second-order valence-electron chi connectivity index (χ2n) is 4.54. The molecule has 1 aromatic rings. The Hall–Kier alpha value is -1.39. The van der Waals surface area contributed by atoms with Gasteiger partial charge in [0.25, 0.3) is 0 Å². The summed E-state index contributed by atoms with van der Waals surface area (Å²) < 4.78 is 18.5. The first-order chi connectivity index (χ1) is 9.22. The lowest BCUT2D eigenvalue weighted by Crippen LogP contribution is -2.28. The van der Waals surface area contributed by atoms with Crippen molar-refractivity contribution < 1.29 is 9.13 Å². The minimum atomic E-state index is -0.355. The summed E-state index contributed by atoms with van der Waals surface area (Å²) in [7, 11) is 1.45. The van der Waals surface area contributed by atoms with E-state index >= 15 is 0 Å². The van der Waals surface area contributed by atoms with E-state index in [0.29, 0.717) is 0 Å². The van der Waals surface area contributed by atoms with Gasteiger partial charge in [0.2, 0.25) is 0 Å². The Labute approximate surface area is 114 Å². The molecule has 106 valence electrons. The molecule has 3 nitrogen and oxygen atoms in total. The summed E-state index contributed by atoms with van der Waals surface area (Å²) in [5, 5.41) is 0. The van der Waals surface area contributed by atoms with Crippen LogP contribution in [0.3, 0.4) is 0 Å². The van der Waals surface area contributed by atoms with Gasteiger partial charge in [0.1, 0.15) is 0 Å². The minimum absolute atomic E-state index is 0.0239. The van der Waals surface area contributed by atoms with Gasteiger partial charge < -0.3 is 4.74 Å². The van der Waals surface area contributed by atoms with E-state index in [4.69, 9.17) is 10.6 Å². The number of ether oxygens (including phenoxy) is 1. The molecule has 0 saturated carbocycles. The van der Waals surface area contributed by atoms with Crippen molar-refractivity contribution in [3.05, 3.63) is 42.2 Å². The molecule has 0 heterocycles. The number of hydrogen-bond donors (Lipinski definition) is 2. The summed E-state index contributed by atoms with van der Waals surface area (Å²) in [5.74, 6) is 5.45. The predicted octanol–water partition coefficient (Wildman–Crippen LogP) is 3.48. The van der Waals surface area contributed by atoms with Crippen LogP contribution < -0.4 is 16.0 Å². The van der Waals surface area contributed by atoms with Crippen LogP contribution in [0.5, 0.6) is 5.75 Å². The lowest BCUT2D eigenvalue weighted by atomic mass is 10.00. The largest absolute Gasteiger partial charge is 0.494 e. The first-order valence-corrected chi connectivity index (χ1v) is 6.63. The van der Waals surface area contributed by atoms with Crippen LogP contribution in [0.4, 0.5) is 4.39 Å². The van der Waals surface area contributed by atoms with Crippen LogP contribution >= 0.6 is 0 Å². The van der Waals surface area contributed by atoms with Gasteiger partial charge in [-0.2, -0.15) is 0 Å². The number of hydrogen-bond acceptors (Lipinski definition) is 3. The number of allylic oxidation sites excluding steroid dienone is 1. The number of hydrazine groups is 1. The van der Waals surface area contributed by atoms with E-state index in [1.54, 1.807) is 6.07 Å². The van der Waals surface area contributed by atoms with E-state index in [1.807, 2.05) is 12.1 Å². The van der Waals surface area contributed by atoms with Crippen LogP contribution in [-0.2, 0) is 0 Å². The Balaban J connectivity index is 2.54. The molecule has 1 unspecified atom stereocenters. The van der Waals surface area contributed by atoms with Gasteiger partial charge in [-0.25, -0.2) is 4.39 Å². The summed E-state index contributed by atoms with van der Waals surface area (Å²) in [6, 6.07) is 4.93. The summed E-state index contributed by atoms with van der Waals surface area (Å²) in [5.41, 5.74) is 3.60. The second kappa shape index (κ2) is 8.67. The van der Waals surface area contributed by atoms with Gasteiger partial charge in [0.15, 0.2) is 11.6 Å². The average Bonchev–Trinajstić information content (AvgIpc) is 2.43. The zero-order chi connectivity index (χ0) is 14.1. The normalized spacial score (nSPS) is 12.2. The fourth-order valence-corrected chi connectivity index (χ4v) is 2.06. The molecule has 0 aliphatic carbocycles. The molecule has 0 saturated heterocycles. The molecule has 0 amide bonds. The van der Waals surface area contributed by atoms with Gasteiger partial charge in [-0.3, -0.25) is 11.3 Å². The molecule has 0 aromatic heterocycles. The SMILES string of the molecule is C=CCCCCCC(NN)c1ccc(OC)c(F)c1. The van der Waals surface area contributed by atoms with E-state index in [9.17, 15) is 4.39 Å². The van der Waals surface area contributed by atoms with Crippen molar-refractivity contribution in [3.8, 4) is 5.75 Å². The summed E-state index contributed by atoms with van der Waals surface area (Å²) in [6.07, 6.45) is 7.17. The van der Waals surface area contributed by atoms with Gasteiger partial charge in [-0.05, 0) is 37.0 Å². The topological polar surface area (TPSA) is 47.3 Å². The third-order valence-electron chi connectivity index (χ3n) is 3.18. The zero-order valence-electron chi connectivity index (χ0n) is 11.5. The highest BCUT2D eigenvalue weighted by atomic mass is 19.1. The molecule has 1 aromatic carbocycles. The monoisotopic (exact) mass is 266 g/mol. The molecular weight excluding hydrogens is 243 g/mol. The molecule has 3 N–H and O–H groups in total. The summed E-state index contributed by atoms with van der Waals surface area (Å²) >= 11 is 0. The van der Waals surface area contributed by atoms with Crippen LogP contribution in [0, 0.1) is 5.82 Å². The third kappa shape index (κ3) is 5.01. The number of benzene rings is 1. The van der Waals surface area contributed by atoms with Crippen LogP contribution in [0.1, 0.15) is 43.7 Å². The van der Waals surface area contributed by atoms with Gasteiger partial charge in [-0.1, -0.05) is 25.0 Å². The van der Waals surface area contributed by atoms with E-state index in [1.165, 1.54) is 13.2 Å². The van der Waals surface area contributed by atoms with Crippen LogP contribution in [0.25, 0.3) is 0 Å². The lowest BCUT2D eigenvalue weighted by molar-refractivity contribution is 0.385. The lowest BCUT2D eigenvalue weighted by Gasteiger charge is -2.17. The van der Waals surface area contributed by atoms with Crippen LogP contribution in [0.2, 0.25) is 0 Å². The molecule has 0 aliphatic rings. The third-order valence-corrected chi connectivity index (χ3v) is 3.18. The van der Waals surface area contributed by atoms with Crippen molar-refractivity contribution in [3.63, 3.8) is 0 Å². The number of nitrogens with one attached hydrogen (secondary N) is 1. The number of unbranched alkanes of at least 4 members (excludes halogenated alkanes) is 3. The van der Waals surface area contributed by atoms with E-state index < -0.39 is 0 Å². The van der Waals surface area contributed by atoms with Crippen molar-refractivity contribution >= 4 is 0 Å². The van der Waals surface area contributed by atoms with Gasteiger partial charge in [0, 0.05) is 6.04 Å². The standard InChI is InChI=1S/C15H23FN2O/c1-3-4-5-6-7-8-14(18-17)12-9-10-15(19-2)13(16)11-12/h3,9-11,14,18H,1,4-8,17H2,2H3. The number of halogens is 1. The van der Waals surface area contributed by atoms with Crippen molar-refractivity contribution in [2.75, 3.05) is 7.11 Å². The Morgan fingerprint density at radius 3 is 2.79 bits per heavy atom. The first-order valence-electron chi connectivity index (χ1n) is 6.63. The minimum Gasteiger partial charge on any atom is -0.494 e. The Morgan fingerprint density at radius 2 is 2.21 bits per heavy atom. The highest BCUT2D eigenvalue weighted by molar-refractivity contribution is 5.30. The maximum Gasteiger partial charge on any atom is 0.165 e.